The number of carbonyl (C=O) groups excluding carboxylic acids is 1. The fourth-order valence-electron chi connectivity index (χ4n) is 3.88. The van der Waals surface area contributed by atoms with Crippen LogP contribution in [-0.4, -0.2) is 53.2 Å². The van der Waals surface area contributed by atoms with Crippen LogP contribution in [0.4, 0.5) is 0 Å². The summed E-state index contributed by atoms with van der Waals surface area (Å²) >= 11 is 0. The minimum absolute atomic E-state index is 0.0537. The van der Waals surface area contributed by atoms with Gasteiger partial charge in [-0.25, -0.2) is 0 Å². The maximum atomic E-state index is 12.6. The lowest BCUT2D eigenvalue weighted by Gasteiger charge is -2.62. The first-order chi connectivity index (χ1) is 8.80. The lowest BCUT2D eigenvalue weighted by molar-refractivity contribution is -0.190. The molecule has 0 bridgehead atoms. The van der Waals surface area contributed by atoms with Gasteiger partial charge in [0, 0.05) is 31.0 Å². The fourth-order valence-corrected chi connectivity index (χ4v) is 3.88. The van der Waals surface area contributed by atoms with Crippen LogP contribution in [0.15, 0.2) is 0 Å². The zero-order valence-corrected chi connectivity index (χ0v) is 11.3. The predicted octanol–water partition coefficient (Wildman–Crippen LogP) is -0.328. The van der Waals surface area contributed by atoms with Crippen molar-refractivity contribution in [3.8, 4) is 0 Å². The molecule has 3 N–H and O–H groups in total. The molecular formula is C13H20N2O4. The number of carbonyl (C=O) groups is 2. The van der Waals surface area contributed by atoms with Crippen molar-refractivity contribution in [2.75, 3.05) is 19.7 Å². The van der Waals surface area contributed by atoms with Crippen molar-refractivity contribution in [1.82, 2.24) is 4.90 Å². The van der Waals surface area contributed by atoms with Gasteiger partial charge >= 0.3 is 5.97 Å². The Hall–Kier alpha value is -1.14. The molecule has 0 spiro atoms. The second-order valence-corrected chi connectivity index (χ2v) is 6.52. The molecule has 0 aromatic rings. The van der Waals surface area contributed by atoms with Gasteiger partial charge in [-0.3, -0.25) is 9.59 Å². The molecule has 3 atom stereocenters. The predicted molar refractivity (Wildman–Crippen MR) is 66.3 cm³/mol. The number of ether oxygens (including phenoxy) is 1. The largest absolute Gasteiger partial charge is 0.481 e. The van der Waals surface area contributed by atoms with Crippen molar-refractivity contribution in [3.05, 3.63) is 0 Å². The first-order valence-corrected chi connectivity index (χ1v) is 6.73. The van der Waals surface area contributed by atoms with Gasteiger partial charge in [0.2, 0.25) is 5.91 Å². The smallest absolute Gasteiger partial charge is 0.310 e. The number of amides is 1. The van der Waals surface area contributed by atoms with E-state index in [9.17, 15) is 9.59 Å². The molecule has 1 amide bonds. The third-order valence-corrected chi connectivity index (χ3v) is 5.33. The van der Waals surface area contributed by atoms with Crippen LogP contribution >= 0.6 is 0 Å². The van der Waals surface area contributed by atoms with E-state index < -0.39 is 17.4 Å². The molecule has 3 fully saturated rings. The number of hydrogen-bond donors (Lipinski definition) is 2. The minimum atomic E-state index is -0.905. The van der Waals surface area contributed by atoms with Crippen LogP contribution < -0.4 is 5.73 Å². The Bertz CT molecular complexity index is 444. The van der Waals surface area contributed by atoms with Gasteiger partial charge in [0.15, 0.2) is 0 Å². The molecule has 1 aliphatic carbocycles. The molecule has 3 unspecified atom stereocenters. The number of hydrogen-bond acceptors (Lipinski definition) is 4. The summed E-state index contributed by atoms with van der Waals surface area (Å²) in [6.07, 6.45) is 0.866. The zero-order chi connectivity index (χ0) is 14.0. The average Bonchev–Trinajstić information content (AvgIpc) is 2.72. The molecule has 2 heterocycles. The van der Waals surface area contributed by atoms with E-state index in [1.54, 1.807) is 4.90 Å². The zero-order valence-electron chi connectivity index (χ0n) is 11.3. The maximum absolute atomic E-state index is 12.6. The van der Waals surface area contributed by atoms with E-state index in [0.29, 0.717) is 6.61 Å². The van der Waals surface area contributed by atoms with E-state index in [4.69, 9.17) is 15.6 Å². The van der Waals surface area contributed by atoms with Gasteiger partial charge < -0.3 is 20.5 Å². The standard InChI is InChI=1S/C13H20N2O4/c1-12(2)9-8(3-4-19-9)13(12,14)11(18)15-5-7(6-15)10(16)17/h7-9H,3-6,14H2,1-2H3,(H,16,17). The molecular weight excluding hydrogens is 248 g/mol. The number of likely N-dealkylation sites (tertiary alicyclic amines) is 1. The van der Waals surface area contributed by atoms with Gasteiger partial charge in [-0.15, -0.1) is 0 Å². The summed E-state index contributed by atoms with van der Waals surface area (Å²) in [7, 11) is 0. The topological polar surface area (TPSA) is 92.9 Å². The molecule has 0 aromatic carbocycles. The normalized spacial score (nSPS) is 40.3. The molecule has 19 heavy (non-hydrogen) atoms. The highest BCUT2D eigenvalue weighted by molar-refractivity contribution is 5.91. The van der Waals surface area contributed by atoms with Crippen LogP contribution in [0.3, 0.4) is 0 Å². The number of rotatable bonds is 2. The Morgan fingerprint density at radius 1 is 1.37 bits per heavy atom. The molecule has 2 aliphatic heterocycles. The minimum Gasteiger partial charge on any atom is -0.481 e. The first-order valence-electron chi connectivity index (χ1n) is 6.73. The maximum Gasteiger partial charge on any atom is 0.310 e. The van der Waals surface area contributed by atoms with Crippen LogP contribution in [0.1, 0.15) is 20.3 Å². The number of carboxylic acid groups (broad SMARTS) is 1. The van der Waals surface area contributed by atoms with Crippen molar-refractivity contribution >= 4 is 11.9 Å². The Balaban J connectivity index is 1.75. The van der Waals surface area contributed by atoms with Crippen LogP contribution in [0.25, 0.3) is 0 Å². The third-order valence-electron chi connectivity index (χ3n) is 5.33. The fraction of sp³-hybridized carbons (Fsp3) is 0.846. The van der Waals surface area contributed by atoms with E-state index in [2.05, 4.69) is 0 Å². The number of nitrogens with two attached hydrogens (primary N) is 1. The molecule has 6 nitrogen and oxygen atoms in total. The Morgan fingerprint density at radius 2 is 2.00 bits per heavy atom. The first kappa shape index (κ1) is 12.9. The summed E-state index contributed by atoms with van der Waals surface area (Å²) < 4.78 is 5.66. The number of carboxylic acids is 1. The second-order valence-electron chi connectivity index (χ2n) is 6.52. The summed E-state index contributed by atoms with van der Waals surface area (Å²) in [5, 5.41) is 8.87. The monoisotopic (exact) mass is 268 g/mol. The van der Waals surface area contributed by atoms with Crippen LogP contribution in [0, 0.1) is 17.3 Å². The van der Waals surface area contributed by atoms with Gasteiger partial charge in [-0.05, 0) is 6.42 Å². The van der Waals surface area contributed by atoms with Crippen molar-refractivity contribution in [2.24, 2.45) is 23.0 Å². The highest BCUT2D eigenvalue weighted by Crippen LogP contribution is 2.58. The van der Waals surface area contributed by atoms with Crippen LogP contribution in [0.2, 0.25) is 0 Å². The highest BCUT2D eigenvalue weighted by Gasteiger charge is 2.72. The lowest BCUT2D eigenvalue weighted by atomic mass is 9.47. The van der Waals surface area contributed by atoms with Crippen LogP contribution in [0.5, 0.6) is 0 Å². The lowest BCUT2D eigenvalue weighted by Crippen LogP contribution is -2.81. The van der Waals surface area contributed by atoms with Crippen LogP contribution in [-0.2, 0) is 14.3 Å². The van der Waals surface area contributed by atoms with E-state index >= 15 is 0 Å². The second kappa shape index (κ2) is 3.70. The summed E-state index contributed by atoms with van der Waals surface area (Å²) in [4.78, 5) is 25.0. The van der Waals surface area contributed by atoms with Gasteiger partial charge in [0.25, 0.3) is 0 Å². The number of fused-ring (bicyclic) bond motifs is 1. The molecule has 0 radical (unpaired) electrons. The van der Waals surface area contributed by atoms with Crippen molar-refractivity contribution in [1.29, 1.82) is 0 Å². The van der Waals surface area contributed by atoms with E-state index in [1.165, 1.54) is 0 Å². The summed E-state index contributed by atoms with van der Waals surface area (Å²) in [5.74, 6) is -1.32. The van der Waals surface area contributed by atoms with Gasteiger partial charge in [0.1, 0.15) is 5.54 Å². The molecule has 106 valence electrons. The van der Waals surface area contributed by atoms with Crippen molar-refractivity contribution < 1.29 is 19.4 Å². The highest BCUT2D eigenvalue weighted by atomic mass is 16.5. The average molecular weight is 268 g/mol. The summed E-state index contributed by atoms with van der Waals surface area (Å²) in [5.41, 5.74) is 5.13. The molecule has 1 saturated carbocycles. The number of aliphatic carboxylic acids is 1. The molecule has 3 rings (SSSR count). The Morgan fingerprint density at radius 3 is 2.58 bits per heavy atom. The SMILES string of the molecule is CC1(C)C2OCCC2C1(N)C(=O)N1CC(C(=O)O)C1. The summed E-state index contributed by atoms with van der Waals surface area (Å²) in [6, 6.07) is 0. The van der Waals surface area contributed by atoms with E-state index in [-0.39, 0.29) is 36.4 Å². The number of nitrogens with zero attached hydrogens (tertiary/aromatic N) is 1. The van der Waals surface area contributed by atoms with Crippen molar-refractivity contribution in [3.63, 3.8) is 0 Å². The van der Waals surface area contributed by atoms with Gasteiger partial charge in [-0.2, -0.15) is 0 Å². The molecule has 0 aromatic heterocycles. The quantitative estimate of drug-likeness (QED) is 0.715. The van der Waals surface area contributed by atoms with Gasteiger partial charge in [-0.1, -0.05) is 13.8 Å². The third kappa shape index (κ3) is 1.38. The molecule has 3 aliphatic rings. The van der Waals surface area contributed by atoms with Gasteiger partial charge in [0.05, 0.1) is 12.0 Å². The Labute approximate surface area is 111 Å². The van der Waals surface area contributed by atoms with Crippen molar-refractivity contribution in [2.45, 2.75) is 31.9 Å². The molecule has 2 saturated heterocycles. The molecule has 6 heteroatoms. The van der Waals surface area contributed by atoms with E-state index in [0.717, 1.165) is 6.42 Å². The Kier molecular flexibility index (Phi) is 2.51. The summed E-state index contributed by atoms with van der Waals surface area (Å²) in [6.45, 7) is 5.14. The van der Waals surface area contributed by atoms with E-state index in [1.807, 2.05) is 13.8 Å².